The van der Waals surface area contributed by atoms with E-state index in [1.54, 1.807) is 16.0 Å². The van der Waals surface area contributed by atoms with Crippen LogP contribution in [0.15, 0.2) is 60.7 Å². The van der Waals surface area contributed by atoms with E-state index in [4.69, 9.17) is 0 Å². The van der Waals surface area contributed by atoms with Gasteiger partial charge < -0.3 is 9.80 Å². The first-order valence-corrected chi connectivity index (χ1v) is 26.1. The molecule has 2 aliphatic heterocycles. The molecule has 4 aromatic carbocycles. The van der Waals surface area contributed by atoms with Crippen molar-refractivity contribution in [1.82, 2.24) is 0 Å². The van der Waals surface area contributed by atoms with Gasteiger partial charge >= 0.3 is 0 Å². The smallest absolute Gasteiger partial charge is 0.264 e. The lowest BCUT2D eigenvalue weighted by atomic mass is 9.35. The van der Waals surface area contributed by atoms with Gasteiger partial charge in [-0.2, -0.15) is 11.3 Å². The topological polar surface area (TPSA) is 6.48 Å². The van der Waals surface area contributed by atoms with Crippen molar-refractivity contribution in [2.45, 2.75) is 213 Å². The maximum atomic E-state index is 2.85. The Morgan fingerprint density at radius 3 is 1.54 bits per heavy atom. The summed E-state index contributed by atoms with van der Waals surface area (Å²) >= 11 is 2.16. The Hall–Kier alpha value is -3.76. The number of aryl methyl sites for hydroxylation is 1. The number of thiophene rings is 1. The molecule has 0 radical (unpaired) electrons. The van der Waals surface area contributed by atoms with Crippen LogP contribution >= 0.6 is 11.3 Å². The Labute approximate surface area is 399 Å². The van der Waals surface area contributed by atoms with E-state index in [0.29, 0.717) is 0 Å². The van der Waals surface area contributed by atoms with Gasteiger partial charge in [0, 0.05) is 38.1 Å². The van der Waals surface area contributed by atoms with Gasteiger partial charge in [-0.3, -0.25) is 0 Å². The fraction of sp³-hybridized carbons (Fsp3) is 0.541. The van der Waals surface area contributed by atoms with Crippen LogP contribution in [0.2, 0.25) is 0 Å². The molecule has 3 aliphatic carbocycles. The molecule has 0 unspecified atom stereocenters. The highest BCUT2D eigenvalue weighted by Crippen LogP contribution is 2.59. The Kier molecular flexibility index (Phi) is 9.49. The largest absolute Gasteiger partial charge is 0.311 e. The van der Waals surface area contributed by atoms with Crippen LogP contribution in [0.4, 0.5) is 34.1 Å². The van der Waals surface area contributed by atoms with E-state index >= 15 is 0 Å². The van der Waals surface area contributed by atoms with Crippen molar-refractivity contribution in [2.24, 2.45) is 0 Å². The summed E-state index contributed by atoms with van der Waals surface area (Å²) in [5.74, 6) is 0. The summed E-state index contributed by atoms with van der Waals surface area (Å²) in [6.45, 7) is 47.1. The first kappa shape index (κ1) is 45.0. The maximum absolute atomic E-state index is 2.85. The van der Waals surface area contributed by atoms with Gasteiger partial charge in [-0.05, 0) is 175 Å². The van der Waals surface area contributed by atoms with Crippen molar-refractivity contribution in [1.29, 1.82) is 0 Å². The fourth-order valence-corrected chi connectivity index (χ4v) is 14.7. The summed E-state index contributed by atoms with van der Waals surface area (Å²) in [7, 11) is 0. The number of benzene rings is 4. The SMILES string of the molecule is Cc1cc2c(cc1N1c3cc(C(C)(C)C)cc4c3B(c3ccc5c(c31)C(C)(C)CCC5(C)C)c1sc3c(c1N4c1ccc(C(C)(C)C)cc1)C(C)(C)CCC3(C)C)C(C)(C)CCC2(C)C. The molecule has 0 bridgehead atoms. The molecule has 0 amide bonds. The van der Waals surface area contributed by atoms with Gasteiger partial charge in [0.1, 0.15) is 0 Å². The number of anilines is 6. The summed E-state index contributed by atoms with van der Waals surface area (Å²) in [6, 6.07) is 25.5. The third kappa shape index (κ3) is 6.58. The number of fused-ring (bicyclic) bond motifs is 9. The van der Waals surface area contributed by atoms with Gasteiger partial charge in [-0.15, -0.1) is 0 Å². The van der Waals surface area contributed by atoms with Crippen molar-refractivity contribution >= 4 is 67.9 Å². The molecule has 10 rings (SSSR count). The van der Waals surface area contributed by atoms with Crippen LogP contribution in [0, 0.1) is 6.92 Å². The van der Waals surface area contributed by atoms with E-state index in [-0.39, 0.29) is 50.0 Å². The highest BCUT2D eigenvalue weighted by Gasteiger charge is 2.53. The minimum absolute atomic E-state index is 0.00318. The lowest BCUT2D eigenvalue weighted by Crippen LogP contribution is -2.61. The van der Waals surface area contributed by atoms with Crippen molar-refractivity contribution < 1.29 is 0 Å². The minimum Gasteiger partial charge on any atom is -0.311 e. The number of hydrogen-bond acceptors (Lipinski definition) is 3. The highest BCUT2D eigenvalue weighted by atomic mass is 32.1. The molecule has 5 aliphatic rings. The van der Waals surface area contributed by atoms with Gasteiger partial charge in [-0.1, -0.05) is 155 Å². The second-order valence-electron chi connectivity index (χ2n) is 27.5. The molecule has 0 spiro atoms. The van der Waals surface area contributed by atoms with Crippen molar-refractivity contribution in [3.05, 3.63) is 110 Å². The van der Waals surface area contributed by atoms with E-state index in [2.05, 4.69) is 213 Å². The average molecular weight is 883 g/mol. The molecular weight excluding hydrogens is 804 g/mol. The molecule has 1 aromatic heterocycles. The van der Waals surface area contributed by atoms with E-state index < -0.39 is 0 Å². The van der Waals surface area contributed by atoms with Crippen molar-refractivity contribution in [3.63, 3.8) is 0 Å². The van der Waals surface area contributed by atoms with E-state index in [1.807, 2.05) is 0 Å². The standard InChI is InChI=1S/C61H79BN2S/c1-36-32-41-42(58(12,13)27-26-57(41,10)11)35-44(36)64-46-34-38(55(5,6)7)33-45-49(46)62(43-25-24-40-47(50(43)64)59(14,15)29-28-56(40,8)9)53-51(48-52(65-53)61(18,19)31-30-60(48,16)17)63(45)39-22-20-37(21-23-39)54(2,3)4/h20-25,32-35H,26-31H2,1-19H3. The molecule has 5 aromatic rings. The lowest BCUT2D eigenvalue weighted by Gasteiger charge is -2.50. The monoisotopic (exact) mass is 883 g/mol. The van der Waals surface area contributed by atoms with E-state index in [9.17, 15) is 0 Å². The highest BCUT2D eigenvalue weighted by molar-refractivity contribution is 7.29. The summed E-state index contributed by atoms with van der Waals surface area (Å²) < 4.78 is 1.54. The quantitative estimate of drug-likeness (QED) is 0.160. The summed E-state index contributed by atoms with van der Waals surface area (Å²) in [5.41, 5.74) is 23.5. The molecule has 2 nitrogen and oxygen atoms in total. The molecule has 0 fully saturated rings. The summed E-state index contributed by atoms with van der Waals surface area (Å²) in [6.07, 6.45) is 7.16. The predicted molar refractivity (Wildman–Crippen MR) is 286 cm³/mol. The van der Waals surface area contributed by atoms with E-state index in [0.717, 1.165) is 0 Å². The zero-order valence-electron chi connectivity index (χ0n) is 43.9. The first-order chi connectivity index (χ1) is 29.9. The van der Waals surface area contributed by atoms with Crippen LogP contribution in [-0.4, -0.2) is 6.71 Å². The molecule has 0 atom stereocenters. The first-order valence-electron chi connectivity index (χ1n) is 25.3. The fourth-order valence-electron chi connectivity index (χ4n) is 13.0. The number of nitrogens with zero attached hydrogens (tertiary/aromatic N) is 2. The van der Waals surface area contributed by atoms with Crippen LogP contribution < -0.4 is 25.5 Å². The molecule has 0 saturated carbocycles. The Morgan fingerprint density at radius 2 is 0.969 bits per heavy atom. The number of rotatable bonds is 2. The zero-order valence-corrected chi connectivity index (χ0v) is 44.7. The van der Waals surface area contributed by atoms with Gasteiger partial charge in [0.25, 0.3) is 6.71 Å². The Bertz CT molecular complexity index is 2810. The van der Waals surface area contributed by atoms with Crippen LogP contribution in [0.1, 0.15) is 213 Å². The van der Waals surface area contributed by atoms with Gasteiger partial charge in [0.15, 0.2) is 0 Å². The molecule has 0 N–H and O–H groups in total. The third-order valence-electron chi connectivity index (χ3n) is 17.8. The van der Waals surface area contributed by atoms with Gasteiger partial charge in [-0.25, -0.2) is 0 Å². The van der Waals surface area contributed by atoms with Crippen LogP contribution in [0.3, 0.4) is 0 Å². The maximum Gasteiger partial charge on any atom is 0.264 e. The zero-order chi connectivity index (χ0) is 47.1. The molecule has 3 heterocycles. The van der Waals surface area contributed by atoms with Crippen molar-refractivity contribution in [3.8, 4) is 0 Å². The Balaban J connectivity index is 1.40. The van der Waals surface area contributed by atoms with Gasteiger partial charge in [0.2, 0.25) is 0 Å². The van der Waals surface area contributed by atoms with Crippen LogP contribution in [-0.2, 0) is 43.3 Å². The van der Waals surface area contributed by atoms with Crippen LogP contribution in [0.25, 0.3) is 0 Å². The lowest BCUT2D eigenvalue weighted by molar-refractivity contribution is 0.331. The minimum atomic E-state index is -0.0847. The number of hydrogen-bond donors (Lipinski definition) is 0. The Morgan fingerprint density at radius 1 is 0.477 bits per heavy atom. The van der Waals surface area contributed by atoms with Gasteiger partial charge in [0.05, 0.1) is 5.69 Å². The molecule has 4 heteroatoms. The molecular formula is C61H79BN2S. The molecule has 65 heavy (non-hydrogen) atoms. The average Bonchev–Trinajstić information content (AvgIpc) is 3.62. The second-order valence-corrected chi connectivity index (χ2v) is 28.6. The van der Waals surface area contributed by atoms with Crippen LogP contribution in [0.5, 0.6) is 0 Å². The predicted octanol–water partition coefficient (Wildman–Crippen LogP) is 15.8. The summed E-state index contributed by atoms with van der Waals surface area (Å²) in [5, 5.41) is 0. The molecule has 0 saturated heterocycles. The van der Waals surface area contributed by atoms with E-state index in [1.165, 1.54) is 122 Å². The third-order valence-corrected chi connectivity index (χ3v) is 19.4. The molecule has 342 valence electrons. The summed E-state index contributed by atoms with van der Waals surface area (Å²) in [4.78, 5) is 7.21. The normalized spacial score (nSPS) is 21.4. The second kappa shape index (κ2) is 13.7. The van der Waals surface area contributed by atoms with Crippen molar-refractivity contribution in [2.75, 3.05) is 9.80 Å².